The van der Waals surface area contributed by atoms with E-state index in [9.17, 15) is 4.79 Å². The quantitative estimate of drug-likeness (QED) is 0.563. The number of benzene rings is 1. The molecule has 6 nitrogen and oxygen atoms in total. The van der Waals surface area contributed by atoms with E-state index >= 15 is 0 Å². The molecule has 0 saturated heterocycles. The molecule has 3 aromatic rings. The van der Waals surface area contributed by atoms with Gasteiger partial charge in [-0.1, -0.05) is 11.3 Å². The molecule has 0 radical (unpaired) electrons. The van der Waals surface area contributed by atoms with E-state index in [2.05, 4.69) is 43.3 Å². The number of aromatic nitrogens is 1. The molecule has 0 amide bonds. The summed E-state index contributed by atoms with van der Waals surface area (Å²) in [5.41, 5.74) is 2.20. The number of hydrogen-bond acceptors (Lipinski definition) is 8. The van der Waals surface area contributed by atoms with Crippen molar-refractivity contribution >= 4 is 49.0 Å². The van der Waals surface area contributed by atoms with Crippen LogP contribution in [-0.2, 0) is 16.7 Å². The lowest BCUT2D eigenvalue weighted by molar-refractivity contribution is 0.0600. The predicted molar refractivity (Wildman–Crippen MR) is 119 cm³/mol. The van der Waals surface area contributed by atoms with Gasteiger partial charge in [0.25, 0.3) is 0 Å². The molecule has 1 aliphatic rings. The molecule has 4 rings (SSSR count). The lowest BCUT2D eigenvalue weighted by Gasteiger charge is -2.42. The minimum atomic E-state index is -0.318. The number of nitrogens with zero attached hydrogens (tertiary/aromatic N) is 1. The van der Waals surface area contributed by atoms with Gasteiger partial charge in [0.1, 0.15) is 10.8 Å². The van der Waals surface area contributed by atoms with E-state index in [-0.39, 0.29) is 17.0 Å². The first kappa shape index (κ1) is 20.1. The topological polar surface area (TPSA) is 72.5 Å². The van der Waals surface area contributed by atoms with Crippen LogP contribution < -0.4 is 15.4 Å². The molecular formula is C21H25N3O3S2. The fourth-order valence-electron chi connectivity index (χ4n) is 4.12. The molecule has 2 aromatic heterocycles. The Morgan fingerprint density at radius 1 is 1.21 bits per heavy atom. The number of esters is 1. The maximum absolute atomic E-state index is 12.7. The first-order valence-corrected chi connectivity index (χ1v) is 11.0. The van der Waals surface area contributed by atoms with Gasteiger partial charge in [-0.2, -0.15) is 0 Å². The van der Waals surface area contributed by atoms with Crippen molar-refractivity contribution in [3.8, 4) is 5.75 Å². The number of fused-ring (bicyclic) bond motifs is 2. The van der Waals surface area contributed by atoms with E-state index in [1.165, 1.54) is 18.4 Å². The second-order valence-electron chi connectivity index (χ2n) is 8.39. The van der Waals surface area contributed by atoms with Gasteiger partial charge in [0.05, 0.1) is 30.0 Å². The second-order valence-corrected chi connectivity index (χ2v) is 10.4. The van der Waals surface area contributed by atoms with Crippen molar-refractivity contribution in [1.82, 2.24) is 10.3 Å². The summed E-state index contributed by atoms with van der Waals surface area (Å²) in [6, 6.07) is 5.80. The monoisotopic (exact) mass is 431 g/mol. The first-order valence-electron chi connectivity index (χ1n) is 9.39. The van der Waals surface area contributed by atoms with Crippen LogP contribution in [0, 0.1) is 0 Å². The highest BCUT2D eigenvalue weighted by molar-refractivity contribution is 7.23. The Bertz CT molecular complexity index is 1100. The highest BCUT2D eigenvalue weighted by Crippen LogP contribution is 2.46. The average molecular weight is 432 g/mol. The van der Waals surface area contributed by atoms with Crippen molar-refractivity contribution in [3.63, 3.8) is 0 Å². The molecule has 0 unspecified atom stereocenters. The van der Waals surface area contributed by atoms with Crippen LogP contribution in [-0.4, -0.2) is 30.7 Å². The lowest BCUT2D eigenvalue weighted by Crippen LogP contribution is -2.55. The number of carbonyl (C=O) groups excluding carboxylic acids is 1. The summed E-state index contributed by atoms with van der Waals surface area (Å²) in [4.78, 5) is 18.6. The molecule has 0 fully saturated rings. The Kier molecular flexibility index (Phi) is 4.83. The van der Waals surface area contributed by atoms with Gasteiger partial charge in [-0.05, 0) is 57.9 Å². The first-order chi connectivity index (χ1) is 13.6. The minimum absolute atomic E-state index is 0.121. The van der Waals surface area contributed by atoms with Crippen LogP contribution in [0.2, 0.25) is 0 Å². The lowest BCUT2D eigenvalue weighted by atomic mass is 9.81. The Morgan fingerprint density at radius 2 is 1.97 bits per heavy atom. The van der Waals surface area contributed by atoms with Gasteiger partial charge in [-0.3, -0.25) is 0 Å². The van der Waals surface area contributed by atoms with Crippen LogP contribution in [0.1, 0.15) is 48.5 Å². The summed E-state index contributed by atoms with van der Waals surface area (Å²) in [7, 11) is 3.08. The van der Waals surface area contributed by atoms with Gasteiger partial charge in [0, 0.05) is 16.0 Å². The Balaban J connectivity index is 1.80. The number of thiophene rings is 1. The third-order valence-corrected chi connectivity index (χ3v) is 7.45. The number of carbonyl (C=O) groups is 1. The van der Waals surface area contributed by atoms with E-state index in [1.54, 1.807) is 18.4 Å². The molecule has 0 atom stereocenters. The molecule has 0 aliphatic carbocycles. The maximum atomic E-state index is 12.7. The van der Waals surface area contributed by atoms with Gasteiger partial charge < -0.3 is 20.1 Å². The van der Waals surface area contributed by atoms with Crippen LogP contribution in [0.25, 0.3) is 10.2 Å². The van der Waals surface area contributed by atoms with E-state index in [0.717, 1.165) is 43.0 Å². The zero-order chi connectivity index (χ0) is 21.0. The van der Waals surface area contributed by atoms with E-state index in [0.29, 0.717) is 5.56 Å². The minimum Gasteiger partial charge on any atom is -0.497 e. The molecule has 0 saturated carbocycles. The van der Waals surface area contributed by atoms with Crippen molar-refractivity contribution in [2.24, 2.45) is 0 Å². The molecule has 154 valence electrons. The van der Waals surface area contributed by atoms with Crippen LogP contribution in [0.3, 0.4) is 0 Å². The number of ether oxygens (including phenoxy) is 2. The van der Waals surface area contributed by atoms with Gasteiger partial charge in [0.15, 0.2) is 5.13 Å². The number of thiazole rings is 1. The summed E-state index contributed by atoms with van der Waals surface area (Å²) in [5.74, 6) is 0.478. The highest BCUT2D eigenvalue weighted by Gasteiger charge is 2.42. The molecule has 1 aromatic carbocycles. The molecule has 3 heterocycles. The van der Waals surface area contributed by atoms with Gasteiger partial charge >= 0.3 is 5.97 Å². The predicted octanol–water partition coefficient (Wildman–Crippen LogP) is 5.06. The van der Waals surface area contributed by atoms with Gasteiger partial charge in [-0.25, -0.2) is 9.78 Å². The number of anilines is 2. The number of hydrogen-bond donors (Lipinski definition) is 2. The fraction of sp³-hybridized carbons (Fsp3) is 0.429. The third kappa shape index (κ3) is 3.60. The maximum Gasteiger partial charge on any atom is 0.341 e. The summed E-state index contributed by atoms with van der Waals surface area (Å²) in [6.07, 6.45) is 0.755. The number of rotatable bonds is 4. The Morgan fingerprint density at radius 3 is 2.66 bits per heavy atom. The third-order valence-electron chi connectivity index (χ3n) is 5.05. The number of methoxy groups -OCH3 is 2. The van der Waals surface area contributed by atoms with Crippen molar-refractivity contribution in [3.05, 3.63) is 34.2 Å². The Hall–Kier alpha value is -2.16. The molecule has 1 aliphatic heterocycles. The summed E-state index contributed by atoms with van der Waals surface area (Å²) < 4.78 is 11.5. The smallest absolute Gasteiger partial charge is 0.341 e. The van der Waals surface area contributed by atoms with Crippen LogP contribution in [0.5, 0.6) is 5.75 Å². The standard InChI is InChI=1S/C21H25N3O3S2/c1-20(2)10-12-15(18(25)27-6)17(29-16(12)21(3,4)24-20)23-19-22-13-8-7-11(26-5)9-14(13)28-19/h7-9,24H,10H2,1-6H3,(H,22,23). The zero-order valence-corrected chi connectivity index (χ0v) is 19.1. The second kappa shape index (κ2) is 6.97. The Labute approximate surface area is 178 Å². The SMILES string of the molecule is COC(=O)c1c(Nc2nc3ccc(OC)cc3s2)sc2c1CC(C)(C)NC2(C)C. The van der Waals surface area contributed by atoms with Gasteiger partial charge in [0.2, 0.25) is 0 Å². The summed E-state index contributed by atoms with van der Waals surface area (Å²) >= 11 is 3.13. The average Bonchev–Trinajstić information content (AvgIpc) is 3.20. The van der Waals surface area contributed by atoms with Crippen molar-refractivity contribution < 1.29 is 14.3 Å². The molecule has 29 heavy (non-hydrogen) atoms. The molecular weight excluding hydrogens is 406 g/mol. The van der Waals surface area contributed by atoms with Crippen molar-refractivity contribution in [1.29, 1.82) is 0 Å². The van der Waals surface area contributed by atoms with Crippen LogP contribution in [0.4, 0.5) is 10.1 Å². The molecule has 0 bridgehead atoms. The van der Waals surface area contributed by atoms with Crippen molar-refractivity contribution in [2.75, 3.05) is 19.5 Å². The largest absolute Gasteiger partial charge is 0.497 e. The van der Waals surface area contributed by atoms with Crippen molar-refractivity contribution in [2.45, 2.75) is 45.2 Å². The molecule has 2 N–H and O–H groups in total. The van der Waals surface area contributed by atoms with E-state index < -0.39 is 0 Å². The number of nitrogens with one attached hydrogen (secondary N) is 2. The fourth-order valence-corrected chi connectivity index (χ4v) is 6.34. The molecule has 0 spiro atoms. The van der Waals surface area contributed by atoms with Gasteiger partial charge in [-0.15, -0.1) is 11.3 Å². The normalized spacial score (nSPS) is 17.0. The zero-order valence-electron chi connectivity index (χ0n) is 17.4. The highest BCUT2D eigenvalue weighted by atomic mass is 32.1. The van der Waals surface area contributed by atoms with E-state index in [1.807, 2.05) is 18.2 Å². The molecule has 8 heteroatoms. The summed E-state index contributed by atoms with van der Waals surface area (Å²) in [6.45, 7) is 8.62. The van der Waals surface area contributed by atoms with E-state index in [4.69, 9.17) is 9.47 Å². The van der Waals surface area contributed by atoms with Crippen LogP contribution >= 0.6 is 22.7 Å². The van der Waals surface area contributed by atoms with Crippen LogP contribution in [0.15, 0.2) is 18.2 Å². The summed E-state index contributed by atoms with van der Waals surface area (Å²) in [5, 5.41) is 8.60.